The fourth-order valence-corrected chi connectivity index (χ4v) is 3.63. The van der Waals surface area contributed by atoms with E-state index < -0.39 is 15.4 Å². The molecule has 0 aromatic heterocycles. The summed E-state index contributed by atoms with van der Waals surface area (Å²) in [5.74, 6) is 0. The third kappa shape index (κ3) is 16.1. The van der Waals surface area contributed by atoms with E-state index in [1.54, 1.807) is 0 Å². The molecule has 0 spiro atoms. The third-order valence-corrected chi connectivity index (χ3v) is 5.61. The maximum atomic E-state index is 11.3. The topological polar surface area (TPSA) is 77.4 Å². The smallest absolute Gasteiger partial charge is 0.748 e. The van der Waals surface area contributed by atoms with E-state index in [4.69, 9.17) is 0 Å². The zero-order valence-electron chi connectivity index (χ0n) is 15.4. The molecule has 0 saturated carbocycles. The van der Waals surface area contributed by atoms with Crippen LogP contribution in [0.25, 0.3) is 0 Å². The molecular formula is C17H35NaO4S. The summed E-state index contributed by atoms with van der Waals surface area (Å²) in [6.45, 7) is 4.09. The van der Waals surface area contributed by atoms with Gasteiger partial charge in [-0.3, -0.25) is 0 Å². The third-order valence-electron chi connectivity index (χ3n) is 4.32. The Morgan fingerprint density at radius 1 is 0.826 bits per heavy atom. The molecule has 0 fully saturated rings. The van der Waals surface area contributed by atoms with Crippen molar-refractivity contribution in [2.24, 2.45) is 0 Å². The molecule has 0 aliphatic carbocycles. The zero-order valence-corrected chi connectivity index (χ0v) is 18.2. The van der Waals surface area contributed by atoms with Crippen LogP contribution < -0.4 is 29.6 Å². The molecule has 0 saturated heterocycles. The van der Waals surface area contributed by atoms with Gasteiger partial charge in [0.05, 0.1) is 16.2 Å². The first kappa shape index (κ1) is 26.1. The van der Waals surface area contributed by atoms with E-state index in [9.17, 15) is 18.1 Å². The minimum absolute atomic E-state index is 0. The normalized spacial score (nSPS) is 14.3. The van der Waals surface area contributed by atoms with Crippen molar-refractivity contribution in [2.45, 2.75) is 109 Å². The summed E-state index contributed by atoms with van der Waals surface area (Å²) in [6.07, 6.45) is 11.6. The van der Waals surface area contributed by atoms with Gasteiger partial charge in [-0.25, -0.2) is 8.42 Å². The molecule has 0 bridgehead atoms. The summed E-state index contributed by atoms with van der Waals surface area (Å²) in [6, 6.07) is 0. The Morgan fingerprint density at radius 2 is 1.30 bits per heavy atom. The van der Waals surface area contributed by atoms with Crippen LogP contribution in [0.2, 0.25) is 0 Å². The molecule has 0 aliphatic heterocycles. The summed E-state index contributed by atoms with van der Waals surface area (Å²) in [4.78, 5) is 0. The number of aliphatic hydroxyl groups excluding tert-OH is 1. The van der Waals surface area contributed by atoms with E-state index in [1.807, 2.05) is 6.92 Å². The largest absolute Gasteiger partial charge is 1.00 e. The van der Waals surface area contributed by atoms with E-state index in [0.717, 1.165) is 19.3 Å². The SMILES string of the molecule is CCCCCCCCCCC(CCCC(O)CC)S(=O)(=O)[O-].[Na+]. The van der Waals surface area contributed by atoms with Crippen molar-refractivity contribution in [1.29, 1.82) is 0 Å². The van der Waals surface area contributed by atoms with E-state index in [2.05, 4.69) is 6.92 Å². The summed E-state index contributed by atoms with van der Waals surface area (Å²) >= 11 is 0. The van der Waals surface area contributed by atoms with Crippen LogP contribution in [-0.2, 0) is 10.1 Å². The first-order valence-electron chi connectivity index (χ1n) is 9.04. The average molecular weight is 359 g/mol. The average Bonchev–Trinajstić information content (AvgIpc) is 2.46. The van der Waals surface area contributed by atoms with Crippen LogP contribution in [0.15, 0.2) is 0 Å². The van der Waals surface area contributed by atoms with Crippen molar-refractivity contribution in [3.63, 3.8) is 0 Å². The van der Waals surface area contributed by atoms with Crippen molar-refractivity contribution >= 4 is 10.1 Å². The van der Waals surface area contributed by atoms with Gasteiger partial charge in [0, 0.05) is 5.25 Å². The van der Waals surface area contributed by atoms with Gasteiger partial charge in [-0.05, 0) is 32.1 Å². The Bertz CT molecular complexity index is 347. The van der Waals surface area contributed by atoms with Gasteiger partial charge >= 0.3 is 29.6 Å². The Kier molecular flexibility index (Phi) is 18.5. The summed E-state index contributed by atoms with van der Waals surface area (Å²) in [7, 11) is -4.21. The van der Waals surface area contributed by atoms with Crippen LogP contribution in [0.5, 0.6) is 0 Å². The van der Waals surface area contributed by atoms with Crippen LogP contribution in [0.4, 0.5) is 0 Å². The van der Waals surface area contributed by atoms with Gasteiger partial charge in [0.15, 0.2) is 0 Å². The van der Waals surface area contributed by atoms with E-state index >= 15 is 0 Å². The maximum Gasteiger partial charge on any atom is 1.00 e. The second-order valence-corrected chi connectivity index (χ2v) is 8.02. The minimum Gasteiger partial charge on any atom is -0.748 e. The van der Waals surface area contributed by atoms with Crippen molar-refractivity contribution < 1.29 is 47.6 Å². The standard InChI is InChI=1S/C17H36O4S.Na/c1-3-5-6-7-8-9-10-11-14-17(22(19,20)21)15-12-13-16(18)4-2;/h16-18H,3-15H2,1-2H3,(H,19,20,21);/q;+1/p-1. The predicted molar refractivity (Wildman–Crippen MR) is 90.9 cm³/mol. The summed E-state index contributed by atoms with van der Waals surface area (Å²) < 4.78 is 33.9. The quantitative estimate of drug-likeness (QED) is 0.272. The molecule has 0 amide bonds. The number of unbranched alkanes of at least 4 members (excludes halogenated alkanes) is 7. The molecule has 0 aromatic carbocycles. The monoisotopic (exact) mass is 358 g/mol. The molecule has 1 N–H and O–H groups in total. The minimum atomic E-state index is -4.21. The second kappa shape index (κ2) is 16.3. The molecule has 0 aromatic rings. The zero-order chi connectivity index (χ0) is 16.8. The molecule has 134 valence electrons. The van der Waals surface area contributed by atoms with E-state index in [0.29, 0.717) is 32.1 Å². The van der Waals surface area contributed by atoms with Gasteiger partial charge in [-0.15, -0.1) is 0 Å². The Hall–Kier alpha value is 0.870. The second-order valence-electron chi connectivity index (χ2n) is 6.37. The first-order valence-corrected chi connectivity index (χ1v) is 10.5. The Labute approximate surface area is 165 Å². The van der Waals surface area contributed by atoms with Crippen LogP contribution in [0, 0.1) is 0 Å². The van der Waals surface area contributed by atoms with Gasteiger partial charge < -0.3 is 9.66 Å². The van der Waals surface area contributed by atoms with Crippen LogP contribution >= 0.6 is 0 Å². The Balaban J connectivity index is 0. The van der Waals surface area contributed by atoms with Gasteiger partial charge in [0.25, 0.3) is 0 Å². The first-order chi connectivity index (χ1) is 10.4. The predicted octanol–water partition coefficient (Wildman–Crippen LogP) is 1.38. The Morgan fingerprint density at radius 3 is 1.78 bits per heavy atom. The molecule has 0 heterocycles. The number of hydrogen-bond donors (Lipinski definition) is 1. The van der Waals surface area contributed by atoms with Crippen LogP contribution in [0.1, 0.15) is 97.3 Å². The molecule has 0 rings (SSSR count). The molecule has 2 unspecified atom stereocenters. The fraction of sp³-hybridized carbons (Fsp3) is 1.00. The molecule has 23 heavy (non-hydrogen) atoms. The number of hydrogen-bond acceptors (Lipinski definition) is 4. The number of aliphatic hydroxyl groups is 1. The van der Waals surface area contributed by atoms with Gasteiger partial charge in [0.1, 0.15) is 0 Å². The van der Waals surface area contributed by atoms with E-state index in [-0.39, 0.29) is 35.7 Å². The molecule has 6 heteroatoms. The number of rotatable bonds is 15. The molecule has 2 atom stereocenters. The van der Waals surface area contributed by atoms with Crippen LogP contribution in [0.3, 0.4) is 0 Å². The van der Waals surface area contributed by atoms with Crippen molar-refractivity contribution in [3.05, 3.63) is 0 Å². The fourth-order valence-electron chi connectivity index (χ4n) is 2.72. The van der Waals surface area contributed by atoms with Gasteiger partial charge in [0.2, 0.25) is 0 Å². The van der Waals surface area contributed by atoms with Gasteiger partial charge in [-0.2, -0.15) is 0 Å². The van der Waals surface area contributed by atoms with Crippen molar-refractivity contribution in [1.82, 2.24) is 0 Å². The summed E-state index contributed by atoms with van der Waals surface area (Å²) in [5.41, 5.74) is 0. The van der Waals surface area contributed by atoms with Gasteiger partial charge in [-0.1, -0.05) is 65.2 Å². The van der Waals surface area contributed by atoms with Crippen LogP contribution in [-0.4, -0.2) is 29.4 Å². The molecule has 0 radical (unpaired) electrons. The molecule has 0 aliphatic rings. The maximum absolute atomic E-state index is 11.3. The molecule has 4 nitrogen and oxygen atoms in total. The van der Waals surface area contributed by atoms with Crippen molar-refractivity contribution in [3.8, 4) is 0 Å². The van der Waals surface area contributed by atoms with E-state index in [1.165, 1.54) is 32.1 Å². The molecular weight excluding hydrogens is 323 g/mol. The van der Waals surface area contributed by atoms with Crippen molar-refractivity contribution in [2.75, 3.05) is 0 Å². The summed E-state index contributed by atoms with van der Waals surface area (Å²) in [5, 5.41) is 8.71.